The van der Waals surface area contributed by atoms with Crippen LogP contribution in [-0.4, -0.2) is 38.2 Å². The lowest BCUT2D eigenvalue weighted by Crippen LogP contribution is -2.05. The predicted molar refractivity (Wildman–Crippen MR) is 168 cm³/mol. The third-order valence-electron chi connectivity index (χ3n) is 5.90. The van der Waals surface area contributed by atoms with Crippen molar-refractivity contribution in [3.05, 3.63) is 36.5 Å². The minimum Gasteiger partial charge on any atom is -0.466 e. The van der Waals surface area contributed by atoms with Gasteiger partial charge in [-0.2, -0.15) is 0 Å². The second-order valence-electron chi connectivity index (χ2n) is 10.4. The van der Waals surface area contributed by atoms with Gasteiger partial charge < -0.3 is 14.2 Å². The lowest BCUT2D eigenvalue weighted by atomic mass is 10.0. The van der Waals surface area contributed by atoms with E-state index in [0.717, 1.165) is 12.8 Å². The summed E-state index contributed by atoms with van der Waals surface area (Å²) in [4.78, 5) is 32.0. The van der Waals surface area contributed by atoms with Crippen molar-refractivity contribution < 1.29 is 28.6 Å². The molecule has 0 saturated carbocycles. The number of unbranched alkanes of at least 4 members (excludes halogenated alkanes) is 15. The van der Waals surface area contributed by atoms with Gasteiger partial charge in [-0.15, -0.1) is 0 Å². The molecule has 0 aliphatic rings. The maximum absolute atomic E-state index is 11.2. The lowest BCUT2D eigenvalue weighted by Gasteiger charge is -2.05. The Morgan fingerprint density at radius 1 is 0.450 bits per heavy atom. The molecule has 0 fully saturated rings. The molecule has 0 amide bonds. The monoisotopic (exact) mass is 566 g/mol. The van der Waals surface area contributed by atoms with Crippen molar-refractivity contribution in [3.63, 3.8) is 0 Å². The van der Waals surface area contributed by atoms with Crippen LogP contribution < -0.4 is 0 Å². The van der Waals surface area contributed by atoms with E-state index in [9.17, 15) is 14.4 Å². The van der Waals surface area contributed by atoms with Gasteiger partial charge in [0.15, 0.2) is 0 Å². The van der Waals surface area contributed by atoms with Crippen molar-refractivity contribution in [1.82, 2.24) is 0 Å². The molecule has 234 valence electrons. The number of hydrogen-bond donors (Lipinski definition) is 0. The van der Waals surface area contributed by atoms with E-state index in [-0.39, 0.29) is 17.9 Å². The van der Waals surface area contributed by atoms with E-state index in [0.29, 0.717) is 29.9 Å². The summed E-state index contributed by atoms with van der Waals surface area (Å²) >= 11 is 0. The van der Waals surface area contributed by atoms with E-state index >= 15 is 0 Å². The van der Waals surface area contributed by atoms with Gasteiger partial charge in [0.05, 0.1) is 20.3 Å². The zero-order chi connectivity index (χ0) is 31.0. The highest BCUT2D eigenvalue weighted by atomic mass is 16.5. The largest absolute Gasteiger partial charge is 0.466 e. The van der Waals surface area contributed by atoms with Gasteiger partial charge >= 0.3 is 17.9 Å². The van der Waals surface area contributed by atoms with Gasteiger partial charge in [0.25, 0.3) is 0 Å². The number of carbonyl (C=O) groups is 3. The first-order valence-electron chi connectivity index (χ1n) is 15.4. The maximum atomic E-state index is 11.2. The second-order valence-corrected chi connectivity index (χ2v) is 10.4. The number of esters is 3. The SMILES string of the molecule is C=C(C)C(=O)OC.C=C(C)C(=O)OCCC.C=C(C)C(=O)OCCCCCCCCCCCCCCCCCC. The summed E-state index contributed by atoms with van der Waals surface area (Å²) in [5, 5.41) is 0. The first-order valence-corrected chi connectivity index (χ1v) is 15.4. The van der Waals surface area contributed by atoms with Crippen LogP contribution in [0.4, 0.5) is 0 Å². The molecular formula is C34H62O6. The number of hydrogen-bond acceptors (Lipinski definition) is 6. The fourth-order valence-electron chi connectivity index (χ4n) is 3.43. The van der Waals surface area contributed by atoms with E-state index in [1.807, 2.05) is 6.92 Å². The van der Waals surface area contributed by atoms with Crippen molar-refractivity contribution in [1.29, 1.82) is 0 Å². The van der Waals surface area contributed by atoms with Crippen LogP contribution in [0.2, 0.25) is 0 Å². The van der Waals surface area contributed by atoms with Crippen LogP contribution in [0.15, 0.2) is 36.5 Å². The summed E-state index contributed by atoms with van der Waals surface area (Å²) in [6.45, 7) is 20.6. The molecule has 0 aromatic rings. The van der Waals surface area contributed by atoms with Gasteiger partial charge in [0.1, 0.15) is 0 Å². The molecular weight excluding hydrogens is 504 g/mol. The number of methoxy groups -OCH3 is 1. The molecule has 6 heteroatoms. The van der Waals surface area contributed by atoms with Crippen molar-refractivity contribution in [3.8, 4) is 0 Å². The summed E-state index contributed by atoms with van der Waals surface area (Å²) in [7, 11) is 1.33. The van der Waals surface area contributed by atoms with E-state index < -0.39 is 0 Å². The third-order valence-corrected chi connectivity index (χ3v) is 5.90. The molecule has 0 aromatic heterocycles. The van der Waals surface area contributed by atoms with Gasteiger partial charge in [0, 0.05) is 16.7 Å². The Labute approximate surface area is 247 Å². The summed E-state index contributed by atoms with van der Waals surface area (Å²) < 4.78 is 14.1. The van der Waals surface area contributed by atoms with Crippen molar-refractivity contribution in [2.24, 2.45) is 0 Å². The fourth-order valence-corrected chi connectivity index (χ4v) is 3.43. The summed E-state index contributed by atoms with van der Waals surface area (Å²) in [5.41, 5.74) is 1.39. The number of rotatable bonds is 22. The smallest absolute Gasteiger partial charge is 0.333 e. The predicted octanol–water partition coefficient (Wildman–Crippen LogP) is 9.62. The number of carbonyl (C=O) groups excluding carboxylic acids is 3. The van der Waals surface area contributed by atoms with Crippen molar-refractivity contribution >= 4 is 17.9 Å². The van der Waals surface area contributed by atoms with Gasteiger partial charge in [0.2, 0.25) is 0 Å². The van der Waals surface area contributed by atoms with Gasteiger partial charge in [-0.25, -0.2) is 14.4 Å². The molecule has 0 N–H and O–H groups in total. The Morgan fingerprint density at radius 3 is 1.00 bits per heavy atom. The highest BCUT2D eigenvalue weighted by Gasteiger charge is 2.02. The highest BCUT2D eigenvalue weighted by molar-refractivity contribution is 5.87. The Bertz CT molecular complexity index is 680. The van der Waals surface area contributed by atoms with E-state index in [4.69, 9.17) is 9.47 Å². The molecule has 0 unspecified atom stereocenters. The molecule has 6 nitrogen and oxygen atoms in total. The molecule has 0 bridgehead atoms. The second kappa shape index (κ2) is 32.8. The van der Waals surface area contributed by atoms with Gasteiger partial charge in [-0.3, -0.25) is 0 Å². The maximum Gasteiger partial charge on any atom is 0.333 e. The minimum atomic E-state index is -0.347. The Balaban J connectivity index is -0.000000695. The van der Waals surface area contributed by atoms with Gasteiger partial charge in [-0.1, -0.05) is 130 Å². The average molecular weight is 567 g/mol. The first-order chi connectivity index (χ1) is 19.0. The standard InChI is InChI=1S/C22H42O2.C7H12O2.C5H8O2/c1-4-5-6-7-8-9-10-11-12-13-14-15-16-17-18-19-20-24-22(23)21(2)3;1-4-5-9-7(8)6(2)3;1-4(2)5(6)7-3/h2,4-20H2,1,3H3;2,4-5H2,1,3H3;1H2,2-3H3. The molecule has 0 aliphatic heterocycles. The minimum absolute atomic E-state index is 0.254. The molecule has 0 atom stereocenters. The summed E-state index contributed by atoms with van der Waals surface area (Å²) in [6.07, 6.45) is 22.6. The van der Waals surface area contributed by atoms with Crippen molar-refractivity contribution in [2.75, 3.05) is 20.3 Å². The van der Waals surface area contributed by atoms with Crippen LogP contribution in [0.5, 0.6) is 0 Å². The topological polar surface area (TPSA) is 78.9 Å². The quantitative estimate of drug-likeness (QED) is 0.0562. The summed E-state index contributed by atoms with van der Waals surface area (Å²) in [6, 6.07) is 0. The fraction of sp³-hybridized carbons (Fsp3) is 0.735. The Morgan fingerprint density at radius 2 is 0.750 bits per heavy atom. The van der Waals surface area contributed by atoms with E-state index in [1.54, 1.807) is 20.8 Å². The molecule has 0 aromatic carbocycles. The molecule has 0 spiro atoms. The van der Waals surface area contributed by atoms with Crippen LogP contribution in [-0.2, 0) is 28.6 Å². The normalized spacial score (nSPS) is 9.75. The molecule has 0 radical (unpaired) electrons. The number of ether oxygens (including phenoxy) is 3. The van der Waals surface area contributed by atoms with E-state index in [2.05, 4.69) is 31.4 Å². The first kappa shape index (κ1) is 42.1. The summed E-state index contributed by atoms with van der Waals surface area (Å²) in [5.74, 6) is -0.896. The van der Waals surface area contributed by atoms with Crippen LogP contribution >= 0.6 is 0 Å². The molecule has 0 aliphatic carbocycles. The average Bonchev–Trinajstić information content (AvgIpc) is 2.93. The van der Waals surface area contributed by atoms with Crippen LogP contribution in [0.25, 0.3) is 0 Å². The van der Waals surface area contributed by atoms with Crippen LogP contribution in [0.1, 0.15) is 144 Å². The van der Waals surface area contributed by atoms with Gasteiger partial charge in [-0.05, 0) is 33.6 Å². The molecule has 0 heterocycles. The van der Waals surface area contributed by atoms with Crippen LogP contribution in [0.3, 0.4) is 0 Å². The third kappa shape index (κ3) is 35.6. The Hall–Kier alpha value is -2.37. The zero-order valence-electron chi connectivity index (χ0n) is 27.0. The lowest BCUT2D eigenvalue weighted by molar-refractivity contribution is -0.139. The Kier molecular flexibility index (Phi) is 34.6. The zero-order valence-corrected chi connectivity index (χ0v) is 27.0. The molecule has 0 rings (SSSR count). The molecule has 40 heavy (non-hydrogen) atoms. The highest BCUT2D eigenvalue weighted by Crippen LogP contribution is 2.13. The van der Waals surface area contributed by atoms with Crippen LogP contribution in [0, 0.1) is 0 Å². The van der Waals surface area contributed by atoms with E-state index in [1.165, 1.54) is 103 Å². The molecule has 0 saturated heterocycles. The van der Waals surface area contributed by atoms with Crippen molar-refractivity contribution in [2.45, 2.75) is 144 Å².